The van der Waals surface area contributed by atoms with Crippen molar-refractivity contribution in [3.8, 4) is 0 Å². The Morgan fingerprint density at radius 1 is 1.31 bits per heavy atom. The van der Waals surface area contributed by atoms with E-state index in [2.05, 4.69) is 0 Å². The molecule has 0 aromatic rings. The molecule has 0 bridgehead atoms. The van der Waals surface area contributed by atoms with E-state index in [0.717, 1.165) is 0 Å². The molecule has 0 saturated carbocycles. The highest BCUT2D eigenvalue weighted by atomic mass is 32.2. The molecule has 0 amide bonds. The fraction of sp³-hybridized carbons (Fsp3) is 1.00. The van der Waals surface area contributed by atoms with Crippen molar-refractivity contribution in [3.05, 3.63) is 0 Å². The van der Waals surface area contributed by atoms with Gasteiger partial charge in [0, 0.05) is 0 Å². The molecule has 0 aliphatic rings. The van der Waals surface area contributed by atoms with Crippen LogP contribution in [0.2, 0.25) is 0 Å². The van der Waals surface area contributed by atoms with Crippen LogP contribution in [0.5, 0.6) is 0 Å². The lowest BCUT2D eigenvalue weighted by molar-refractivity contribution is 0.110. The van der Waals surface area contributed by atoms with E-state index in [-0.39, 0.29) is 17.3 Å². The molecule has 0 saturated heterocycles. The molecular formula is C9H20O3S. The van der Waals surface area contributed by atoms with E-state index in [1.54, 1.807) is 6.92 Å². The third-order valence-electron chi connectivity index (χ3n) is 1.96. The zero-order chi connectivity index (χ0) is 10.7. The third-order valence-corrected chi connectivity index (χ3v) is 3.45. The van der Waals surface area contributed by atoms with Gasteiger partial charge in [0.25, 0.3) is 10.1 Å². The molecule has 0 spiro atoms. The molecule has 1 unspecified atom stereocenters. The van der Waals surface area contributed by atoms with E-state index in [0.29, 0.717) is 6.42 Å². The Balaban J connectivity index is 4.29. The summed E-state index contributed by atoms with van der Waals surface area (Å²) >= 11 is 0. The van der Waals surface area contributed by atoms with Gasteiger partial charge in [-0.1, -0.05) is 27.7 Å². The van der Waals surface area contributed by atoms with Crippen molar-refractivity contribution in [2.45, 2.75) is 47.1 Å². The normalized spacial score (nSPS) is 15.8. The van der Waals surface area contributed by atoms with Crippen LogP contribution in [0.3, 0.4) is 0 Å². The molecule has 0 fully saturated rings. The van der Waals surface area contributed by atoms with Crippen LogP contribution < -0.4 is 0 Å². The first-order valence-corrected chi connectivity index (χ1v) is 6.17. The molecule has 0 radical (unpaired) electrons. The molecule has 4 heteroatoms. The second-order valence-electron chi connectivity index (χ2n) is 4.37. The van der Waals surface area contributed by atoms with Gasteiger partial charge < -0.3 is 0 Å². The second-order valence-corrected chi connectivity index (χ2v) is 6.08. The van der Waals surface area contributed by atoms with Gasteiger partial charge in [0.05, 0.1) is 11.9 Å². The van der Waals surface area contributed by atoms with E-state index >= 15 is 0 Å². The topological polar surface area (TPSA) is 43.4 Å². The zero-order valence-corrected chi connectivity index (χ0v) is 9.94. The van der Waals surface area contributed by atoms with Crippen molar-refractivity contribution >= 4 is 10.1 Å². The first-order valence-electron chi connectivity index (χ1n) is 4.60. The molecule has 0 aliphatic heterocycles. The minimum absolute atomic E-state index is 0.105. The largest absolute Gasteiger partial charge is 0.267 e. The second kappa shape index (κ2) is 4.42. The van der Waals surface area contributed by atoms with Crippen LogP contribution in [0, 0.1) is 5.41 Å². The average Bonchev–Trinajstić information content (AvgIpc) is 1.83. The van der Waals surface area contributed by atoms with Crippen molar-refractivity contribution in [3.63, 3.8) is 0 Å². The predicted molar refractivity (Wildman–Crippen MR) is 54.1 cm³/mol. The maximum Gasteiger partial charge on any atom is 0.267 e. The highest BCUT2D eigenvalue weighted by molar-refractivity contribution is 7.86. The van der Waals surface area contributed by atoms with E-state index < -0.39 is 10.1 Å². The maximum absolute atomic E-state index is 11.3. The SMILES string of the molecule is CCCS(=O)(=O)OC(C)C(C)(C)C. The summed E-state index contributed by atoms with van der Waals surface area (Å²) in [4.78, 5) is 0. The van der Waals surface area contributed by atoms with Gasteiger partial charge in [-0.2, -0.15) is 8.42 Å². The van der Waals surface area contributed by atoms with Crippen LogP contribution in [0.15, 0.2) is 0 Å². The van der Waals surface area contributed by atoms with Gasteiger partial charge in [-0.05, 0) is 18.8 Å². The summed E-state index contributed by atoms with van der Waals surface area (Å²) in [6, 6.07) is 0. The van der Waals surface area contributed by atoms with Crippen LogP contribution in [0.25, 0.3) is 0 Å². The molecule has 0 aromatic heterocycles. The van der Waals surface area contributed by atoms with Gasteiger partial charge in [-0.3, -0.25) is 4.18 Å². The van der Waals surface area contributed by atoms with Crippen molar-refractivity contribution in [2.24, 2.45) is 5.41 Å². The molecule has 0 aromatic carbocycles. The van der Waals surface area contributed by atoms with Crippen LogP contribution >= 0.6 is 0 Å². The predicted octanol–water partition coefficient (Wildman–Crippen LogP) is 2.18. The van der Waals surface area contributed by atoms with E-state index in [4.69, 9.17) is 4.18 Å². The first-order chi connectivity index (χ1) is 5.69. The van der Waals surface area contributed by atoms with Crippen molar-refractivity contribution in [1.82, 2.24) is 0 Å². The smallest absolute Gasteiger partial charge is 0.267 e. The maximum atomic E-state index is 11.3. The molecule has 0 heterocycles. The van der Waals surface area contributed by atoms with Crippen LogP contribution in [0.1, 0.15) is 41.0 Å². The van der Waals surface area contributed by atoms with Crippen molar-refractivity contribution in [2.75, 3.05) is 5.75 Å². The van der Waals surface area contributed by atoms with Crippen LogP contribution in [-0.4, -0.2) is 20.3 Å². The Bertz CT molecular complexity index is 236. The summed E-state index contributed by atoms with van der Waals surface area (Å²) in [5.41, 5.74) is -0.138. The van der Waals surface area contributed by atoms with E-state index in [1.807, 2.05) is 27.7 Å². The fourth-order valence-corrected chi connectivity index (χ4v) is 1.99. The third kappa shape index (κ3) is 5.26. The van der Waals surface area contributed by atoms with Crippen molar-refractivity contribution < 1.29 is 12.6 Å². The summed E-state index contributed by atoms with van der Waals surface area (Å²) in [6.45, 7) is 9.48. The minimum atomic E-state index is -3.31. The summed E-state index contributed by atoms with van der Waals surface area (Å²) in [7, 11) is -3.31. The highest BCUT2D eigenvalue weighted by Crippen LogP contribution is 2.23. The van der Waals surface area contributed by atoms with Crippen LogP contribution in [-0.2, 0) is 14.3 Å². The van der Waals surface area contributed by atoms with Gasteiger partial charge >= 0.3 is 0 Å². The molecule has 0 rings (SSSR count). The van der Waals surface area contributed by atoms with Gasteiger partial charge in [0.2, 0.25) is 0 Å². The molecule has 0 N–H and O–H groups in total. The minimum Gasteiger partial charge on any atom is -0.267 e. The van der Waals surface area contributed by atoms with Gasteiger partial charge in [-0.15, -0.1) is 0 Å². The quantitative estimate of drug-likeness (QED) is 0.665. The molecule has 0 aliphatic carbocycles. The molecular weight excluding hydrogens is 188 g/mol. The fourth-order valence-electron chi connectivity index (χ4n) is 0.662. The van der Waals surface area contributed by atoms with Crippen molar-refractivity contribution in [1.29, 1.82) is 0 Å². The average molecular weight is 208 g/mol. The molecule has 1 atom stereocenters. The van der Waals surface area contributed by atoms with E-state index in [1.165, 1.54) is 0 Å². The van der Waals surface area contributed by atoms with E-state index in [9.17, 15) is 8.42 Å². The standard InChI is InChI=1S/C9H20O3S/c1-6-7-13(10,11)12-8(2)9(3,4)5/h8H,6-7H2,1-5H3. The molecule has 3 nitrogen and oxygen atoms in total. The lowest BCUT2D eigenvalue weighted by Crippen LogP contribution is -2.29. The monoisotopic (exact) mass is 208 g/mol. The summed E-state index contributed by atoms with van der Waals surface area (Å²) in [6.07, 6.45) is 0.322. The number of hydrogen-bond acceptors (Lipinski definition) is 3. The Morgan fingerprint density at radius 3 is 2.08 bits per heavy atom. The Morgan fingerprint density at radius 2 is 1.77 bits per heavy atom. The molecule has 80 valence electrons. The Labute approximate surface area is 81.6 Å². The highest BCUT2D eigenvalue weighted by Gasteiger charge is 2.25. The Kier molecular flexibility index (Phi) is 4.39. The van der Waals surface area contributed by atoms with Gasteiger partial charge in [0.15, 0.2) is 0 Å². The zero-order valence-electron chi connectivity index (χ0n) is 9.12. The van der Waals surface area contributed by atoms with Gasteiger partial charge in [-0.25, -0.2) is 0 Å². The summed E-state index contributed by atoms with van der Waals surface area (Å²) in [5.74, 6) is 0.105. The summed E-state index contributed by atoms with van der Waals surface area (Å²) in [5, 5.41) is 0. The molecule has 13 heavy (non-hydrogen) atoms. The lowest BCUT2D eigenvalue weighted by Gasteiger charge is -2.26. The number of rotatable bonds is 4. The Hall–Kier alpha value is -0.0900. The number of hydrogen-bond donors (Lipinski definition) is 0. The summed E-state index contributed by atoms with van der Waals surface area (Å²) < 4.78 is 27.5. The first kappa shape index (κ1) is 12.9. The lowest BCUT2D eigenvalue weighted by atomic mass is 9.91. The van der Waals surface area contributed by atoms with Crippen LogP contribution in [0.4, 0.5) is 0 Å². The van der Waals surface area contributed by atoms with Gasteiger partial charge in [0.1, 0.15) is 0 Å².